The van der Waals surface area contributed by atoms with Crippen LogP contribution >= 0.6 is 11.3 Å². The van der Waals surface area contributed by atoms with Gasteiger partial charge in [0, 0.05) is 49.0 Å². The van der Waals surface area contributed by atoms with Crippen LogP contribution in [0.2, 0.25) is 0 Å². The lowest BCUT2D eigenvalue weighted by Gasteiger charge is -2.37. The predicted molar refractivity (Wildman–Crippen MR) is 131 cm³/mol. The lowest BCUT2D eigenvalue weighted by molar-refractivity contribution is 0.189. The van der Waals surface area contributed by atoms with Gasteiger partial charge >= 0.3 is 6.03 Å². The van der Waals surface area contributed by atoms with Gasteiger partial charge in [-0.3, -0.25) is 4.98 Å². The molecule has 1 N–H and O–H groups in total. The van der Waals surface area contributed by atoms with Gasteiger partial charge in [-0.2, -0.15) is 0 Å². The lowest BCUT2D eigenvalue weighted by atomic mass is 10.0. The monoisotopic (exact) mass is 456 g/mol. The first-order valence-electron chi connectivity index (χ1n) is 11.3. The number of urea groups is 1. The van der Waals surface area contributed by atoms with Crippen LogP contribution in [-0.4, -0.2) is 58.1 Å². The summed E-state index contributed by atoms with van der Waals surface area (Å²) in [6, 6.07) is 16.8. The number of nitrogens with one attached hydrogen (secondary N) is 1. The molecule has 1 unspecified atom stereocenters. The molecular formula is C25H24N6OS. The summed E-state index contributed by atoms with van der Waals surface area (Å²) in [7, 11) is 0. The van der Waals surface area contributed by atoms with Crippen molar-refractivity contribution in [3.05, 3.63) is 60.9 Å². The Morgan fingerprint density at radius 2 is 1.91 bits per heavy atom. The van der Waals surface area contributed by atoms with Crippen LogP contribution in [0.4, 0.5) is 10.6 Å². The van der Waals surface area contributed by atoms with Crippen LogP contribution in [0.5, 0.6) is 0 Å². The first-order valence-corrected chi connectivity index (χ1v) is 12.1. The number of thiophene rings is 1. The van der Waals surface area contributed by atoms with Crippen LogP contribution in [0, 0.1) is 0 Å². The zero-order valence-corrected chi connectivity index (χ0v) is 19.0. The van der Waals surface area contributed by atoms with Crippen LogP contribution < -0.4 is 10.2 Å². The molecule has 0 saturated carbocycles. The minimum Gasteiger partial charge on any atom is -0.354 e. The molecule has 2 amide bonds. The highest BCUT2D eigenvalue weighted by Crippen LogP contribution is 2.38. The molecule has 0 aliphatic carbocycles. The molecule has 1 aromatic carbocycles. The molecule has 0 bridgehead atoms. The largest absolute Gasteiger partial charge is 0.354 e. The Morgan fingerprint density at radius 1 is 1.03 bits per heavy atom. The van der Waals surface area contributed by atoms with E-state index in [1.54, 1.807) is 17.5 Å². The number of fused-ring (bicyclic) bond motifs is 1. The maximum absolute atomic E-state index is 12.3. The standard InChI is InChI=1S/C25H24N6OS/c32-25-27-11-13-31(25)19-9-5-12-30(16-19)23-20-14-21(17-6-2-1-3-7-17)33-24(20)29-22(28-23)18-8-4-10-26-15-18/h1-4,6-8,10,14-15,19H,5,9,11-13,16H2,(H,27,32). The Kier molecular flexibility index (Phi) is 5.14. The molecule has 5 heterocycles. The summed E-state index contributed by atoms with van der Waals surface area (Å²) in [6.45, 7) is 3.20. The van der Waals surface area contributed by atoms with E-state index in [9.17, 15) is 4.79 Å². The highest BCUT2D eigenvalue weighted by molar-refractivity contribution is 7.22. The van der Waals surface area contributed by atoms with E-state index in [0.717, 1.165) is 60.6 Å². The fourth-order valence-corrected chi connectivity index (χ4v) is 5.78. The average Bonchev–Trinajstić information content (AvgIpc) is 3.51. The molecule has 1 atom stereocenters. The van der Waals surface area contributed by atoms with E-state index in [2.05, 4.69) is 45.5 Å². The van der Waals surface area contributed by atoms with E-state index in [1.165, 1.54) is 10.4 Å². The predicted octanol–water partition coefficient (Wildman–Crippen LogP) is 4.41. The van der Waals surface area contributed by atoms with Crippen LogP contribution in [0.15, 0.2) is 60.9 Å². The first-order chi connectivity index (χ1) is 16.3. The van der Waals surface area contributed by atoms with Gasteiger partial charge in [0.15, 0.2) is 5.82 Å². The van der Waals surface area contributed by atoms with Gasteiger partial charge in [-0.1, -0.05) is 30.3 Å². The molecular weight excluding hydrogens is 432 g/mol. The molecule has 33 heavy (non-hydrogen) atoms. The van der Waals surface area contributed by atoms with Gasteiger partial charge in [0.1, 0.15) is 10.6 Å². The minimum absolute atomic E-state index is 0.0487. The summed E-state index contributed by atoms with van der Waals surface area (Å²) in [5.74, 6) is 1.63. The van der Waals surface area contributed by atoms with Gasteiger partial charge < -0.3 is 15.1 Å². The van der Waals surface area contributed by atoms with E-state index < -0.39 is 0 Å². The van der Waals surface area contributed by atoms with Crippen molar-refractivity contribution in [2.45, 2.75) is 18.9 Å². The first kappa shape index (κ1) is 20.1. The van der Waals surface area contributed by atoms with Crippen molar-refractivity contribution < 1.29 is 4.79 Å². The van der Waals surface area contributed by atoms with Crippen molar-refractivity contribution in [1.82, 2.24) is 25.2 Å². The van der Waals surface area contributed by atoms with Crippen molar-refractivity contribution in [2.75, 3.05) is 31.1 Å². The summed E-state index contributed by atoms with van der Waals surface area (Å²) < 4.78 is 0. The maximum Gasteiger partial charge on any atom is 0.317 e. The summed E-state index contributed by atoms with van der Waals surface area (Å²) in [6.07, 6.45) is 5.62. The second-order valence-corrected chi connectivity index (χ2v) is 9.51. The SMILES string of the molecule is O=C1NCCN1C1CCCN(c2nc(-c3cccnc3)nc3sc(-c4ccccc4)cc23)C1. The second kappa shape index (κ2) is 8.44. The number of pyridine rings is 1. The molecule has 0 radical (unpaired) electrons. The number of carbonyl (C=O) groups is 1. The zero-order chi connectivity index (χ0) is 22.2. The number of benzene rings is 1. The average molecular weight is 457 g/mol. The van der Waals surface area contributed by atoms with Gasteiger partial charge in [-0.15, -0.1) is 11.3 Å². The number of hydrogen-bond acceptors (Lipinski definition) is 6. The molecule has 2 saturated heterocycles. The van der Waals surface area contributed by atoms with Crippen molar-refractivity contribution >= 4 is 33.4 Å². The van der Waals surface area contributed by atoms with Gasteiger partial charge in [0.2, 0.25) is 0 Å². The normalized spacial score (nSPS) is 18.7. The van der Waals surface area contributed by atoms with Crippen LogP contribution in [-0.2, 0) is 0 Å². The summed E-state index contributed by atoms with van der Waals surface area (Å²) in [4.78, 5) is 33.0. The van der Waals surface area contributed by atoms with E-state index in [4.69, 9.17) is 9.97 Å². The number of hydrogen-bond donors (Lipinski definition) is 1. The summed E-state index contributed by atoms with van der Waals surface area (Å²) in [5, 5.41) is 4.01. The van der Waals surface area contributed by atoms with E-state index in [-0.39, 0.29) is 12.1 Å². The van der Waals surface area contributed by atoms with E-state index in [1.807, 2.05) is 29.3 Å². The third kappa shape index (κ3) is 3.80. The molecule has 6 rings (SSSR count). The summed E-state index contributed by atoms with van der Waals surface area (Å²) >= 11 is 1.69. The van der Waals surface area contributed by atoms with Crippen molar-refractivity contribution in [3.63, 3.8) is 0 Å². The molecule has 7 nitrogen and oxygen atoms in total. The van der Waals surface area contributed by atoms with Crippen molar-refractivity contribution in [2.24, 2.45) is 0 Å². The van der Waals surface area contributed by atoms with Gasteiger partial charge in [-0.05, 0) is 36.6 Å². The van der Waals surface area contributed by atoms with E-state index >= 15 is 0 Å². The molecule has 2 aliphatic rings. The second-order valence-electron chi connectivity index (χ2n) is 8.48. The number of anilines is 1. The highest BCUT2D eigenvalue weighted by Gasteiger charge is 2.32. The third-order valence-corrected chi connectivity index (χ3v) is 7.46. The number of piperidine rings is 1. The van der Waals surface area contributed by atoms with E-state index in [0.29, 0.717) is 5.82 Å². The van der Waals surface area contributed by atoms with Crippen LogP contribution in [0.25, 0.3) is 32.0 Å². The Balaban J connectivity index is 1.44. The Morgan fingerprint density at radius 3 is 2.70 bits per heavy atom. The van der Waals surface area contributed by atoms with Crippen LogP contribution in [0.1, 0.15) is 12.8 Å². The molecule has 8 heteroatoms. The number of carbonyl (C=O) groups excluding carboxylic acids is 1. The quantitative estimate of drug-likeness (QED) is 0.492. The fraction of sp³-hybridized carbons (Fsp3) is 0.280. The van der Waals surface area contributed by atoms with Gasteiger partial charge in [0.05, 0.1) is 11.4 Å². The fourth-order valence-electron chi connectivity index (χ4n) is 4.75. The molecule has 2 aliphatic heterocycles. The lowest BCUT2D eigenvalue weighted by Crippen LogP contribution is -2.49. The Bertz CT molecular complexity index is 1290. The number of nitrogens with zero attached hydrogens (tertiary/aromatic N) is 5. The number of aromatic nitrogens is 3. The third-order valence-electron chi connectivity index (χ3n) is 6.38. The summed E-state index contributed by atoms with van der Waals surface area (Å²) in [5.41, 5.74) is 2.09. The van der Waals surface area contributed by atoms with Crippen LogP contribution in [0.3, 0.4) is 0 Å². The van der Waals surface area contributed by atoms with Gasteiger partial charge in [0.25, 0.3) is 0 Å². The van der Waals surface area contributed by atoms with Gasteiger partial charge in [-0.25, -0.2) is 14.8 Å². The molecule has 4 aromatic rings. The Hall–Kier alpha value is -3.52. The topological polar surface area (TPSA) is 74.2 Å². The minimum atomic E-state index is 0.0487. The highest BCUT2D eigenvalue weighted by atomic mass is 32.1. The smallest absolute Gasteiger partial charge is 0.317 e. The maximum atomic E-state index is 12.3. The molecule has 0 spiro atoms. The van der Waals surface area contributed by atoms with Crippen molar-refractivity contribution in [3.8, 4) is 21.8 Å². The molecule has 3 aromatic heterocycles. The number of amides is 2. The molecule has 2 fully saturated rings. The molecule has 166 valence electrons. The number of rotatable bonds is 4. The van der Waals surface area contributed by atoms with Crippen molar-refractivity contribution in [1.29, 1.82) is 0 Å². The zero-order valence-electron chi connectivity index (χ0n) is 18.1. The Labute approximate surface area is 196 Å².